The number of ketones is 1. The van der Waals surface area contributed by atoms with Crippen LogP contribution in [0.15, 0.2) is 65.8 Å². The molecule has 0 unspecified atom stereocenters. The maximum Gasteiger partial charge on any atom is 0.312 e. The number of aliphatic carboxylic acids is 1. The molecule has 5 rings (SSSR count). The molecule has 0 bridgehead atoms. The number of hydrogen-bond donors (Lipinski definition) is 2. The van der Waals surface area contributed by atoms with E-state index in [9.17, 15) is 14.4 Å². The molecule has 46 heavy (non-hydrogen) atoms. The van der Waals surface area contributed by atoms with Crippen molar-refractivity contribution in [2.75, 3.05) is 20.8 Å². The topological polar surface area (TPSA) is 140 Å². The number of carboxylic acid groups (broad SMARTS) is 1. The molecule has 0 spiro atoms. The van der Waals surface area contributed by atoms with E-state index in [2.05, 4.69) is 10.3 Å². The van der Waals surface area contributed by atoms with Gasteiger partial charge in [-0.1, -0.05) is 29.8 Å². The Morgan fingerprint density at radius 2 is 1.83 bits per heavy atom. The molecule has 0 saturated carbocycles. The van der Waals surface area contributed by atoms with Gasteiger partial charge in [-0.15, -0.1) is 0 Å². The number of methoxy groups -OCH3 is 2. The molecule has 2 heterocycles. The highest BCUT2D eigenvalue weighted by atomic mass is 35.5. The number of carbonyl (C=O) groups is 3. The Labute approximate surface area is 269 Å². The first-order chi connectivity index (χ1) is 22.2. The van der Waals surface area contributed by atoms with Gasteiger partial charge in [0, 0.05) is 47.3 Å². The van der Waals surface area contributed by atoms with Crippen molar-refractivity contribution >= 4 is 35.0 Å². The van der Waals surface area contributed by atoms with Gasteiger partial charge in [0.25, 0.3) is 0 Å². The standard InChI is InChI=1S/C34H30ClFN4O6/c1-45-27-7-3-5-25(36)32(27)34-24-15-21(35)9-11-22(24)33-20(18-39-34)17-38-29(40-33)14-19-8-10-23(28(13-19)46-2)26(41)6-4-12-37-30(42)16-31(43)44/h3,5,7-11,13,15,17H,4,6,12,14,16,18H2,1-2H3,(H,37,42)(H,43,44). The molecule has 1 aliphatic heterocycles. The largest absolute Gasteiger partial charge is 0.496 e. The SMILES string of the molecule is COc1cc(Cc2ncc3c(n2)-c2ccc(Cl)cc2C(c2c(F)cccc2OC)=NC3)ccc1C(=O)CCCNC(=O)CC(=O)O. The molecule has 1 amide bonds. The summed E-state index contributed by atoms with van der Waals surface area (Å²) in [5.41, 5.74) is 4.60. The fraction of sp³-hybridized carbons (Fsp3) is 0.235. The molecule has 0 saturated heterocycles. The maximum atomic E-state index is 15.2. The highest BCUT2D eigenvalue weighted by Crippen LogP contribution is 2.36. The lowest BCUT2D eigenvalue weighted by atomic mass is 9.94. The monoisotopic (exact) mass is 644 g/mol. The van der Waals surface area contributed by atoms with Crippen LogP contribution in [0.25, 0.3) is 11.3 Å². The molecular formula is C34H30ClFN4O6. The van der Waals surface area contributed by atoms with Crippen LogP contribution in [0.1, 0.15) is 57.7 Å². The average molecular weight is 645 g/mol. The van der Waals surface area contributed by atoms with Gasteiger partial charge in [-0.05, 0) is 48.4 Å². The maximum absolute atomic E-state index is 15.2. The second-order valence-electron chi connectivity index (χ2n) is 10.5. The number of benzene rings is 3. The van der Waals surface area contributed by atoms with Crippen LogP contribution in [0.3, 0.4) is 0 Å². The first kappa shape index (κ1) is 32.2. The minimum atomic E-state index is -1.21. The number of halogens is 2. The predicted octanol–water partition coefficient (Wildman–Crippen LogP) is 5.45. The lowest BCUT2D eigenvalue weighted by molar-refractivity contribution is -0.140. The number of hydrogen-bond acceptors (Lipinski definition) is 8. The first-order valence-electron chi connectivity index (χ1n) is 14.4. The van der Waals surface area contributed by atoms with Crippen LogP contribution in [-0.2, 0) is 22.6 Å². The summed E-state index contributed by atoms with van der Waals surface area (Å²) in [7, 11) is 2.96. The Kier molecular flexibility index (Phi) is 10.0. The van der Waals surface area contributed by atoms with E-state index in [0.29, 0.717) is 57.7 Å². The number of carbonyl (C=O) groups excluding carboxylic acids is 2. The van der Waals surface area contributed by atoms with Gasteiger partial charge in [0.1, 0.15) is 29.6 Å². The van der Waals surface area contributed by atoms with E-state index in [1.165, 1.54) is 20.3 Å². The van der Waals surface area contributed by atoms with Gasteiger partial charge in [-0.25, -0.2) is 14.4 Å². The van der Waals surface area contributed by atoms with Gasteiger partial charge in [-0.3, -0.25) is 19.4 Å². The van der Waals surface area contributed by atoms with E-state index in [0.717, 1.165) is 16.7 Å². The van der Waals surface area contributed by atoms with Gasteiger partial charge >= 0.3 is 5.97 Å². The molecule has 3 aromatic carbocycles. The third kappa shape index (κ3) is 7.21. The minimum absolute atomic E-state index is 0.142. The summed E-state index contributed by atoms with van der Waals surface area (Å²) in [5.74, 6) is -1.20. The van der Waals surface area contributed by atoms with Crippen molar-refractivity contribution in [3.63, 3.8) is 0 Å². The van der Waals surface area contributed by atoms with E-state index >= 15 is 4.39 Å². The number of aromatic nitrogens is 2. The molecular weight excluding hydrogens is 615 g/mol. The summed E-state index contributed by atoms with van der Waals surface area (Å²) < 4.78 is 26.2. The number of Topliss-reactive ketones (excluding diaryl/α,β-unsaturated/α-hetero) is 1. The quantitative estimate of drug-likeness (QED) is 0.118. The van der Waals surface area contributed by atoms with Gasteiger partial charge in [0.2, 0.25) is 5.91 Å². The van der Waals surface area contributed by atoms with Crippen LogP contribution in [0.2, 0.25) is 5.02 Å². The number of ether oxygens (including phenoxy) is 2. The van der Waals surface area contributed by atoms with Crippen molar-refractivity contribution in [3.05, 3.63) is 105 Å². The molecule has 4 aromatic rings. The van der Waals surface area contributed by atoms with Crippen molar-refractivity contribution in [1.82, 2.24) is 15.3 Å². The van der Waals surface area contributed by atoms with Crippen LogP contribution in [0.4, 0.5) is 4.39 Å². The van der Waals surface area contributed by atoms with E-state index in [1.54, 1.807) is 48.7 Å². The number of nitrogens with one attached hydrogen (secondary N) is 1. The van der Waals surface area contributed by atoms with Crippen molar-refractivity contribution in [3.8, 4) is 22.8 Å². The summed E-state index contributed by atoms with van der Waals surface area (Å²) in [6.07, 6.45) is 1.93. The molecule has 0 atom stereocenters. The minimum Gasteiger partial charge on any atom is -0.496 e. The molecule has 12 heteroatoms. The Morgan fingerprint density at radius 1 is 1.02 bits per heavy atom. The molecule has 0 fully saturated rings. The number of amides is 1. The normalized spacial score (nSPS) is 11.9. The lowest BCUT2D eigenvalue weighted by Crippen LogP contribution is -2.26. The molecule has 2 N–H and O–H groups in total. The number of rotatable bonds is 12. The van der Waals surface area contributed by atoms with Crippen LogP contribution < -0.4 is 14.8 Å². The number of aliphatic imine (C=N–C) groups is 1. The molecule has 1 aromatic heterocycles. The fourth-order valence-corrected chi connectivity index (χ4v) is 5.41. The predicted molar refractivity (Wildman–Crippen MR) is 169 cm³/mol. The molecule has 0 radical (unpaired) electrons. The summed E-state index contributed by atoms with van der Waals surface area (Å²) >= 11 is 6.40. The molecule has 236 valence electrons. The van der Waals surface area contributed by atoms with Crippen molar-refractivity contribution < 1.29 is 33.4 Å². The van der Waals surface area contributed by atoms with Crippen LogP contribution in [0.5, 0.6) is 11.5 Å². The zero-order chi connectivity index (χ0) is 32.8. The van der Waals surface area contributed by atoms with Crippen molar-refractivity contribution in [2.45, 2.75) is 32.2 Å². The van der Waals surface area contributed by atoms with Crippen LogP contribution in [0, 0.1) is 5.82 Å². The van der Waals surface area contributed by atoms with Crippen LogP contribution in [-0.4, -0.2) is 59.2 Å². The van der Waals surface area contributed by atoms with E-state index in [-0.39, 0.29) is 30.9 Å². The van der Waals surface area contributed by atoms with Crippen molar-refractivity contribution in [2.24, 2.45) is 4.99 Å². The lowest BCUT2D eigenvalue weighted by Gasteiger charge is -2.15. The highest BCUT2D eigenvalue weighted by molar-refractivity contribution is 6.31. The summed E-state index contributed by atoms with van der Waals surface area (Å²) in [5, 5.41) is 11.6. The Bertz CT molecular complexity index is 1860. The third-order valence-electron chi connectivity index (χ3n) is 7.39. The summed E-state index contributed by atoms with van der Waals surface area (Å²) in [6.45, 7) is 0.395. The van der Waals surface area contributed by atoms with E-state index in [1.807, 2.05) is 6.07 Å². The van der Waals surface area contributed by atoms with Gasteiger partial charge in [0.15, 0.2) is 5.78 Å². The Hall–Kier alpha value is -5.16. The van der Waals surface area contributed by atoms with Gasteiger partial charge in [-0.2, -0.15) is 0 Å². The van der Waals surface area contributed by atoms with E-state index < -0.39 is 24.1 Å². The summed E-state index contributed by atoms with van der Waals surface area (Å²) in [4.78, 5) is 49.2. The van der Waals surface area contributed by atoms with E-state index in [4.69, 9.17) is 36.2 Å². The average Bonchev–Trinajstić information content (AvgIpc) is 3.18. The van der Waals surface area contributed by atoms with Crippen molar-refractivity contribution in [1.29, 1.82) is 0 Å². The van der Waals surface area contributed by atoms with Gasteiger partial charge < -0.3 is 19.9 Å². The highest BCUT2D eigenvalue weighted by Gasteiger charge is 2.25. The first-order valence-corrected chi connectivity index (χ1v) is 14.8. The molecule has 0 aliphatic carbocycles. The number of fused-ring (bicyclic) bond motifs is 3. The molecule has 1 aliphatic rings. The fourth-order valence-electron chi connectivity index (χ4n) is 5.23. The second kappa shape index (κ2) is 14.3. The Morgan fingerprint density at radius 3 is 2.59 bits per heavy atom. The smallest absolute Gasteiger partial charge is 0.312 e. The van der Waals surface area contributed by atoms with Gasteiger partial charge in [0.05, 0.1) is 43.3 Å². The summed E-state index contributed by atoms with van der Waals surface area (Å²) in [6, 6.07) is 15.2. The Balaban J connectivity index is 1.37. The number of carboxylic acids is 1. The third-order valence-corrected chi connectivity index (χ3v) is 7.62. The molecule has 10 nitrogen and oxygen atoms in total. The van der Waals surface area contributed by atoms with Crippen LogP contribution >= 0.6 is 11.6 Å². The second-order valence-corrected chi connectivity index (χ2v) is 10.9. The zero-order valence-electron chi connectivity index (χ0n) is 25.1. The number of nitrogens with zero attached hydrogens (tertiary/aromatic N) is 3. The zero-order valence-corrected chi connectivity index (χ0v) is 25.9.